The van der Waals surface area contributed by atoms with Gasteiger partial charge in [-0.1, -0.05) is 173 Å². The molecule has 0 saturated carbocycles. The molecule has 12 N–H and O–H groups in total. The van der Waals surface area contributed by atoms with Crippen LogP contribution in [-0.4, -0.2) is 193 Å². The van der Waals surface area contributed by atoms with Gasteiger partial charge in [-0.2, -0.15) is 0 Å². The Labute approximate surface area is 423 Å². The van der Waals surface area contributed by atoms with E-state index in [1.54, 1.807) is 6.08 Å². The second kappa shape index (κ2) is 37.3. The van der Waals surface area contributed by atoms with Crippen LogP contribution >= 0.6 is 0 Å². The van der Waals surface area contributed by atoms with Gasteiger partial charge in [0.25, 0.3) is 0 Å². The number of rotatable bonds is 39. The lowest BCUT2D eigenvalue weighted by Gasteiger charge is -2.48. The Hall–Kier alpha value is -1.47. The fourth-order valence-corrected chi connectivity index (χ4v) is 9.64. The average molecular weight is 1020 g/mol. The molecular formula is C52H97NO18. The standard InChI is InChI=1S/C52H97NO18/c1-3-4-5-6-7-8-9-10-11-12-13-14-15-16-17-18-19-20-21-22-23-24-25-26-27-28-29-30-37(58)36(53-35(2)57)34-66-50-46(64)43(61)48(39(32-55)68-50)71-52-47(65)44(62)49(40(33-56)69-52)70-51-45(63)42(60)41(59)38(31-54)67-51/h29-30,36-52,54-56,58-65H,3-28,31-34H2,1-2H3,(H,53,57)/b30-29+. The number of aliphatic hydroxyl groups excluding tert-OH is 11. The summed E-state index contributed by atoms with van der Waals surface area (Å²) < 4.78 is 33.7. The molecular weight excluding hydrogens is 927 g/mol. The zero-order chi connectivity index (χ0) is 52.0. The molecule has 0 aromatic heterocycles. The third-order valence-electron chi connectivity index (χ3n) is 14.1. The summed E-state index contributed by atoms with van der Waals surface area (Å²) in [6.07, 6.45) is 10.7. The molecule has 3 saturated heterocycles. The van der Waals surface area contributed by atoms with Gasteiger partial charge < -0.3 is 89.9 Å². The van der Waals surface area contributed by atoms with Gasteiger partial charge in [0.1, 0.15) is 73.2 Å². The fourth-order valence-electron chi connectivity index (χ4n) is 9.64. The van der Waals surface area contributed by atoms with Crippen molar-refractivity contribution in [3.8, 4) is 0 Å². The van der Waals surface area contributed by atoms with E-state index in [9.17, 15) is 61.0 Å². The number of nitrogens with one attached hydrogen (secondary N) is 1. The van der Waals surface area contributed by atoms with Gasteiger partial charge in [-0.05, 0) is 12.8 Å². The van der Waals surface area contributed by atoms with Crippen LogP contribution in [0.1, 0.15) is 181 Å². The van der Waals surface area contributed by atoms with Crippen molar-refractivity contribution in [3.63, 3.8) is 0 Å². The third kappa shape index (κ3) is 23.1. The van der Waals surface area contributed by atoms with E-state index in [1.807, 2.05) is 6.08 Å². The first-order valence-electron chi connectivity index (χ1n) is 27.4. The summed E-state index contributed by atoms with van der Waals surface area (Å²) in [6.45, 7) is 0.765. The predicted molar refractivity (Wildman–Crippen MR) is 263 cm³/mol. The van der Waals surface area contributed by atoms with Crippen LogP contribution in [0.5, 0.6) is 0 Å². The highest BCUT2D eigenvalue weighted by Gasteiger charge is 2.53. The number of carbonyl (C=O) groups is 1. The summed E-state index contributed by atoms with van der Waals surface area (Å²) in [7, 11) is 0. The molecule has 418 valence electrons. The van der Waals surface area contributed by atoms with Gasteiger partial charge in [-0.25, -0.2) is 0 Å². The van der Waals surface area contributed by atoms with Crippen LogP contribution in [0.3, 0.4) is 0 Å². The Morgan fingerprint density at radius 1 is 0.493 bits per heavy atom. The van der Waals surface area contributed by atoms with Gasteiger partial charge in [0, 0.05) is 6.92 Å². The molecule has 0 aromatic rings. The number of unbranched alkanes of at least 4 members (excludes halogenated alkanes) is 25. The number of hydrogen-bond donors (Lipinski definition) is 12. The highest BCUT2D eigenvalue weighted by atomic mass is 16.8. The van der Waals surface area contributed by atoms with E-state index in [0.29, 0.717) is 0 Å². The Kier molecular flexibility index (Phi) is 33.5. The maximum absolute atomic E-state index is 12.0. The minimum Gasteiger partial charge on any atom is -0.394 e. The van der Waals surface area contributed by atoms with E-state index in [-0.39, 0.29) is 6.61 Å². The van der Waals surface area contributed by atoms with Crippen LogP contribution in [0.15, 0.2) is 12.2 Å². The molecule has 3 heterocycles. The first kappa shape index (κ1) is 63.8. The Morgan fingerprint density at radius 3 is 1.24 bits per heavy atom. The van der Waals surface area contributed by atoms with Gasteiger partial charge in [0.15, 0.2) is 18.9 Å². The van der Waals surface area contributed by atoms with E-state index in [1.165, 1.54) is 148 Å². The van der Waals surface area contributed by atoms with Gasteiger partial charge in [0.2, 0.25) is 5.91 Å². The van der Waals surface area contributed by atoms with E-state index >= 15 is 0 Å². The van der Waals surface area contributed by atoms with Crippen LogP contribution in [0.25, 0.3) is 0 Å². The Balaban J connectivity index is 1.28. The smallest absolute Gasteiger partial charge is 0.217 e. The molecule has 0 aliphatic carbocycles. The summed E-state index contributed by atoms with van der Waals surface area (Å²) in [5.74, 6) is -0.451. The number of hydrogen-bond acceptors (Lipinski definition) is 18. The molecule has 71 heavy (non-hydrogen) atoms. The minimum absolute atomic E-state index is 0.368. The largest absolute Gasteiger partial charge is 0.394 e. The molecule has 3 fully saturated rings. The number of allylic oxidation sites excluding steroid dienone is 1. The molecule has 0 bridgehead atoms. The second-order valence-corrected chi connectivity index (χ2v) is 20.1. The molecule has 1 amide bonds. The lowest BCUT2D eigenvalue weighted by Crippen LogP contribution is -2.66. The zero-order valence-corrected chi connectivity index (χ0v) is 43.0. The molecule has 17 unspecified atom stereocenters. The molecule has 17 atom stereocenters. The van der Waals surface area contributed by atoms with Gasteiger partial charge >= 0.3 is 0 Å². The maximum atomic E-state index is 12.0. The number of amides is 1. The first-order valence-corrected chi connectivity index (χ1v) is 27.4. The van der Waals surface area contributed by atoms with Crippen LogP contribution in [-0.2, 0) is 33.2 Å². The molecule has 3 rings (SSSR count). The average Bonchev–Trinajstić information content (AvgIpc) is 3.36. The van der Waals surface area contributed by atoms with Crippen molar-refractivity contribution >= 4 is 5.91 Å². The minimum atomic E-state index is -1.97. The molecule has 19 heteroatoms. The number of aliphatic hydroxyl groups is 11. The van der Waals surface area contributed by atoms with E-state index in [0.717, 1.165) is 25.7 Å². The van der Waals surface area contributed by atoms with Crippen molar-refractivity contribution in [1.82, 2.24) is 5.32 Å². The van der Waals surface area contributed by atoms with Crippen LogP contribution < -0.4 is 5.32 Å². The third-order valence-corrected chi connectivity index (χ3v) is 14.1. The summed E-state index contributed by atoms with van der Waals surface area (Å²) in [6, 6.07) is -0.969. The van der Waals surface area contributed by atoms with E-state index < -0.39 is 130 Å². The van der Waals surface area contributed by atoms with Gasteiger partial charge in [-0.15, -0.1) is 0 Å². The summed E-state index contributed by atoms with van der Waals surface area (Å²) >= 11 is 0. The lowest BCUT2D eigenvalue weighted by atomic mass is 9.96. The van der Waals surface area contributed by atoms with Crippen molar-refractivity contribution in [2.45, 2.75) is 285 Å². The second-order valence-electron chi connectivity index (χ2n) is 20.1. The van der Waals surface area contributed by atoms with Crippen molar-refractivity contribution < 1.29 is 89.4 Å². The van der Waals surface area contributed by atoms with Crippen LogP contribution in [0, 0.1) is 0 Å². The summed E-state index contributed by atoms with van der Waals surface area (Å²) in [5.41, 5.74) is 0. The molecule has 0 spiro atoms. The van der Waals surface area contributed by atoms with Gasteiger partial charge in [-0.3, -0.25) is 4.79 Å². The molecule has 3 aliphatic heterocycles. The number of ether oxygens (including phenoxy) is 6. The fraction of sp³-hybridized carbons (Fsp3) is 0.942. The topological polar surface area (TPSA) is 307 Å². The number of carbonyl (C=O) groups excluding carboxylic acids is 1. The predicted octanol–water partition coefficient (Wildman–Crippen LogP) is 3.04. The first-order chi connectivity index (χ1) is 34.3. The Bertz CT molecular complexity index is 1360. The lowest BCUT2D eigenvalue weighted by molar-refractivity contribution is -0.379. The quantitative estimate of drug-likeness (QED) is 0.0311. The van der Waals surface area contributed by atoms with E-state index in [2.05, 4.69) is 12.2 Å². The Morgan fingerprint density at radius 2 is 0.845 bits per heavy atom. The zero-order valence-electron chi connectivity index (χ0n) is 43.0. The highest BCUT2D eigenvalue weighted by molar-refractivity contribution is 5.73. The van der Waals surface area contributed by atoms with Crippen molar-refractivity contribution in [1.29, 1.82) is 0 Å². The highest BCUT2D eigenvalue weighted by Crippen LogP contribution is 2.33. The summed E-state index contributed by atoms with van der Waals surface area (Å²) in [5, 5.41) is 118. The molecule has 19 nitrogen and oxygen atoms in total. The monoisotopic (exact) mass is 1020 g/mol. The molecule has 0 aromatic carbocycles. The SMILES string of the molecule is CCCCCCCCCCCCCCCCCCCCCCCCCCC/C=C/C(O)C(COC1OC(CO)C(OC2OC(CO)C(OC3OC(CO)C(O)C(O)C3O)C(O)C2O)C(O)C1O)NC(C)=O. The van der Waals surface area contributed by atoms with Crippen LogP contribution in [0.2, 0.25) is 0 Å². The maximum Gasteiger partial charge on any atom is 0.217 e. The van der Waals surface area contributed by atoms with Gasteiger partial charge in [0.05, 0.1) is 38.6 Å². The molecule has 0 radical (unpaired) electrons. The van der Waals surface area contributed by atoms with Crippen molar-refractivity contribution in [2.75, 3.05) is 26.4 Å². The van der Waals surface area contributed by atoms with Crippen LogP contribution in [0.4, 0.5) is 0 Å². The normalized spacial score (nSPS) is 32.3. The summed E-state index contributed by atoms with van der Waals surface area (Å²) in [4.78, 5) is 12.0. The van der Waals surface area contributed by atoms with Crippen molar-refractivity contribution in [3.05, 3.63) is 12.2 Å². The molecule has 3 aliphatic rings. The van der Waals surface area contributed by atoms with Crippen molar-refractivity contribution in [2.24, 2.45) is 0 Å². The van der Waals surface area contributed by atoms with E-state index in [4.69, 9.17) is 28.4 Å².